The van der Waals surface area contributed by atoms with Crippen LogP contribution < -0.4 is 25.4 Å². The zero-order valence-electron chi connectivity index (χ0n) is 27.4. The Balaban J connectivity index is 0.904. The first-order valence-corrected chi connectivity index (χ1v) is 16.2. The highest BCUT2D eigenvalue weighted by molar-refractivity contribution is 6.22. The van der Waals surface area contributed by atoms with Crippen molar-refractivity contribution in [2.24, 2.45) is 0 Å². The standard InChI is InChI=1S/C38H28N4O10/c1-2-42-35(47)26-14-8-22(18-28(26)36(42)48)38(50)52-24-11-5-20(6-12-24)16-30-34(46)39-29(33(45)40-30)15-19-3-9-23(10-4-19)51-37(49)21-7-13-25-27(17-21)32(44)41-31(25)43/h3-14,17-18,29-30H,2,15-16H2,1H3,(H,39,46)(H,40,45)(H,41,43,44). The second kappa shape index (κ2) is 13.4. The van der Waals surface area contributed by atoms with Crippen molar-refractivity contribution < 1.29 is 47.8 Å². The van der Waals surface area contributed by atoms with Crippen LogP contribution >= 0.6 is 0 Å². The molecule has 0 spiro atoms. The third-order valence-electron chi connectivity index (χ3n) is 8.91. The van der Waals surface area contributed by atoms with Crippen molar-refractivity contribution in [1.82, 2.24) is 20.9 Å². The Morgan fingerprint density at radius 2 is 1.02 bits per heavy atom. The molecule has 3 N–H and O–H groups in total. The highest BCUT2D eigenvalue weighted by Crippen LogP contribution is 2.25. The highest BCUT2D eigenvalue weighted by atomic mass is 16.5. The van der Waals surface area contributed by atoms with Crippen molar-refractivity contribution >= 4 is 47.4 Å². The fourth-order valence-electron chi connectivity index (χ4n) is 6.15. The smallest absolute Gasteiger partial charge is 0.343 e. The van der Waals surface area contributed by atoms with Gasteiger partial charge in [-0.15, -0.1) is 0 Å². The van der Waals surface area contributed by atoms with Crippen LogP contribution in [0.2, 0.25) is 0 Å². The highest BCUT2D eigenvalue weighted by Gasteiger charge is 2.36. The summed E-state index contributed by atoms with van der Waals surface area (Å²) >= 11 is 0. The van der Waals surface area contributed by atoms with E-state index >= 15 is 0 Å². The number of carbonyl (C=O) groups excluding carboxylic acids is 8. The maximum absolute atomic E-state index is 13.0. The number of carbonyl (C=O) groups is 8. The molecule has 6 amide bonds. The summed E-state index contributed by atoms with van der Waals surface area (Å²) in [5.74, 6) is -3.72. The molecular formula is C38H28N4O10. The largest absolute Gasteiger partial charge is 0.423 e. The van der Waals surface area contributed by atoms with Crippen molar-refractivity contribution in [1.29, 1.82) is 0 Å². The van der Waals surface area contributed by atoms with E-state index in [9.17, 15) is 38.4 Å². The Bertz CT molecular complexity index is 2230. The van der Waals surface area contributed by atoms with Crippen LogP contribution in [0.4, 0.5) is 0 Å². The Hall–Kier alpha value is -6.96. The molecule has 14 nitrogen and oxygen atoms in total. The van der Waals surface area contributed by atoms with E-state index < -0.39 is 47.7 Å². The van der Waals surface area contributed by atoms with Crippen molar-refractivity contribution in [3.05, 3.63) is 129 Å². The quantitative estimate of drug-likeness (QED) is 0.133. The lowest BCUT2D eigenvalue weighted by Crippen LogP contribution is -2.62. The molecular weight excluding hydrogens is 672 g/mol. The Kier molecular flexibility index (Phi) is 8.64. The molecule has 52 heavy (non-hydrogen) atoms. The van der Waals surface area contributed by atoms with Gasteiger partial charge in [0.25, 0.3) is 23.6 Å². The summed E-state index contributed by atoms with van der Waals surface area (Å²) in [6.07, 6.45) is 0.358. The summed E-state index contributed by atoms with van der Waals surface area (Å²) in [6.45, 7) is 1.91. The first kappa shape index (κ1) is 33.5. The Labute approximate surface area is 295 Å². The monoisotopic (exact) mass is 700 g/mol. The van der Waals surface area contributed by atoms with E-state index in [1.807, 2.05) is 0 Å². The van der Waals surface area contributed by atoms with Gasteiger partial charge in [-0.25, -0.2) is 9.59 Å². The third kappa shape index (κ3) is 6.40. The average molecular weight is 701 g/mol. The van der Waals surface area contributed by atoms with E-state index in [-0.39, 0.29) is 76.1 Å². The second-order valence-electron chi connectivity index (χ2n) is 12.3. The summed E-state index contributed by atoms with van der Waals surface area (Å²) in [7, 11) is 0. The zero-order valence-corrected chi connectivity index (χ0v) is 27.4. The van der Waals surface area contributed by atoms with Crippen molar-refractivity contribution in [3.8, 4) is 11.5 Å². The minimum atomic E-state index is -0.836. The van der Waals surface area contributed by atoms with Gasteiger partial charge in [-0.2, -0.15) is 0 Å². The number of hydrogen-bond acceptors (Lipinski definition) is 10. The maximum Gasteiger partial charge on any atom is 0.343 e. The number of esters is 2. The molecule has 0 saturated carbocycles. The molecule has 3 aliphatic heterocycles. The van der Waals surface area contributed by atoms with Gasteiger partial charge in [-0.05, 0) is 78.7 Å². The van der Waals surface area contributed by atoms with Gasteiger partial charge in [0.1, 0.15) is 23.6 Å². The lowest BCUT2D eigenvalue weighted by molar-refractivity contribution is -0.136. The van der Waals surface area contributed by atoms with E-state index in [1.165, 1.54) is 48.5 Å². The number of rotatable bonds is 9. The molecule has 4 aromatic carbocycles. The first-order chi connectivity index (χ1) is 25.0. The number of nitrogens with one attached hydrogen (secondary N) is 3. The molecule has 14 heteroatoms. The lowest BCUT2D eigenvalue weighted by Gasteiger charge is -2.29. The molecule has 2 atom stereocenters. The van der Waals surface area contributed by atoms with Gasteiger partial charge in [-0.1, -0.05) is 24.3 Å². The molecule has 0 bridgehead atoms. The van der Waals surface area contributed by atoms with Crippen molar-refractivity contribution in [3.63, 3.8) is 0 Å². The number of ether oxygens (including phenoxy) is 2. The van der Waals surface area contributed by atoms with Gasteiger partial charge >= 0.3 is 11.9 Å². The van der Waals surface area contributed by atoms with Crippen LogP contribution in [-0.4, -0.2) is 70.9 Å². The molecule has 1 saturated heterocycles. The summed E-state index contributed by atoms with van der Waals surface area (Å²) in [5.41, 5.74) is 2.26. The number of hydrogen-bond donors (Lipinski definition) is 3. The number of imide groups is 2. The van der Waals surface area contributed by atoms with Crippen molar-refractivity contribution in [2.75, 3.05) is 6.54 Å². The van der Waals surface area contributed by atoms with Crippen LogP contribution in [0.1, 0.15) is 80.2 Å². The maximum atomic E-state index is 13.0. The molecule has 0 aromatic heterocycles. The molecule has 0 aliphatic carbocycles. The van der Waals surface area contributed by atoms with E-state index in [0.29, 0.717) is 11.1 Å². The number of amides is 6. The first-order valence-electron chi connectivity index (χ1n) is 16.2. The molecule has 3 aliphatic rings. The minimum absolute atomic E-state index is 0.0950. The molecule has 1 fully saturated rings. The summed E-state index contributed by atoms with van der Waals surface area (Å²) in [4.78, 5) is 101. The molecule has 7 rings (SSSR count). The molecule has 3 heterocycles. The third-order valence-corrected chi connectivity index (χ3v) is 8.91. The van der Waals surface area contributed by atoms with Gasteiger partial charge in [0.15, 0.2) is 0 Å². The van der Waals surface area contributed by atoms with E-state index in [1.54, 1.807) is 43.3 Å². The minimum Gasteiger partial charge on any atom is -0.423 e. The molecule has 2 unspecified atom stereocenters. The fraction of sp³-hybridized carbons (Fsp3) is 0.158. The second-order valence-corrected chi connectivity index (χ2v) is 12.3. The number of nitrogens with zero attached hydrogens (tertiary/aromatic N) is 1. The van der Waals surface area contributed by atoms with Crippen LogP contribution in [0.5, 0.6) is 11.5 Å². The van der Waals surface area contributed by atoms with Crippen LogP contribution in [-0.2, 0) is 22.4 Å². The van der Waals surface area contributed by atoms with E-state index in [0.717, 1.165) is 4.90 Å². The van der Waals surface area contributed by atoms with Gasteiger partial charge in [0, 0.05) is 19.4 Å². The van der Waals surface area contributed by atoms with Crippen LogP contribution in [0.25, 0.3) is 0 Å². The van der Waals surface area contributed by atoms with Crippen LogP contribution in [0.15, 0.2) is 84.9 Å². The van der Waals surface area contributed by atoms with Gasteiger partial charge in [0.2, 0.25) is 11.8 Å². The predicted molar refractivity (Wildman–Crippen MR) is 180 cm³/mol. The number of benzene rings is 4. The van der Waals surface area contributed by atoms with Gasteiger partial charge in [-0.3, -0.25) is 39.0 Å². The topological polar surface area (TPSA) is 194 Å². The van der Waals surface area contributed by atoms with Crippen LogP contribution in [0, 0.1) is 0 Å². The molecule has 4 aromatic rings. The lowest BCUT2D eigenvalue weighted by atomic mass is 9.98. The van der Waals surface area contributed by atoms with E-state index in [4.69, 9.17) is 9.47 Å². The summed E-state index contributed by atoms with van der Waals surface area (Å²) in [5, 5.41) is 7.68. The zero-order chi connectivity index (χ0) is 36.7. The number of piperazine rings is 1. The Morgan fingerprint density at radius 3 is 1.52 bits per heavy atom. The summed E-state index contributed by atoms with van der Waals surface area (Å²) in [6, 6.07) is 19.4. The average Bonchev–Trinajstić information content (AvgIpc) is 3.56. The normalized spacial score (nSPS) is 17.6. The Morgan fingerprint density at radius 1 is 0.577 bits per heavy atom. The van der Waals surface area contributed by atoms with Gasteiger partial charge in [0.05, 0.1) is 33.4 Å². The van der Waals surface area contributed by atoms with Crippen LogP contribution in [0.3, 0.4) is 0 Å². The van der Waals surface area contributed by atoms with Crippen molar-refractivity contribution in [2.45, 2.75) is 31.8 Å². The summed E-state index contributed by atoms with van der Waals surface area (Å²) < 4.78 is 10.8. The molecule has 0 radical (unpaired) electrons. The molecule has 260 valence electrons. The van der Waals surface area contributed by atoms with Gasteiger partial charge < -0.3 is 20.1 Å². The fourth-order valence-corrected chi connectivity index (χ4v) is 6.15. The SMILES string of the molecule is CCN1C(=O)c2ccc(C(=O)Oc3ccc(CC4NC(=O)C(Cc5ccc(OC(=O)c6ccc7c(c6)C(=O)NC7=O)cc5)NC4=O)cc3)cc2C1=O. The van der Waals surface area contributed by atoms with E-state index in [2.05, 4.69) is 16.0 Å². The number of fused-ring (bicyclic) bond motifs is 2. The predicted octanol–water partition coefficient (Wildman–Crippen LogP) is 2.39.